The summed E-state index contributed by atoms with van der Waals surface area (Å²) in [6.45, 7) is 3.81. The molecule has 2 aromatic rings. The fraction of sp³-hybridized carbons (Fsp3) is 0.400. The van der Waals surface area contributed by atoms with Crippen molar-refractivity contribution in [3.05, 3.63) is 48.3 Å². The lowest BCUT2D eigenvalue weighted by atomic mass is 10.1. The minimum Gasteiger partial charge on any atom is -0.385 e. The zero-order valence-corrected chi connectivity index (χ0v) is 11.5. The van der Waals surface area contributed by atoms with E-state index in [9.17, 15) is 0 Å². The second-order valence-electron chi connectivity index (χ2n) is 4.52. The van der Waals surface area contributed by atoms with Crippen LogP contribution in [0.5, 0.6) is 0 Å². The molecule has 0 aliphatic heterocycles. The maximum Gasteiger partial charge on any atom is 0.203 e. The summed E-state index contributed by atoms with van der Waals surface area (Å²) in [6.07, 6.45) is 4.82. The highest BCUT2D eigenvalue weighted by Gasteiger charge is 2.11. The molecule has 0 aliphatic rings. The number of nitrogens with zero attached hydrogens (tertiary/aromatic N) is 2. The van der Waals surface area contributed by atoms with Gasteiger partial charge in [-0.05, 0) is 18.9 Å². The Morgan fingerprint density at radius 1 is 1.32 bits per heavy atom. The molecular weight excluding hydrogens is 238 g/mol. The zero-order chi connectivity index (χ0) is 13.5. The first-order chi connectivity index (χ1) is 9.33. The van der Waals surface area contributed by atoms with E-state index in [2.05, 4.69) is 46.1 Å². The molecule has 0 spiro atoms. The Labute approximate surface area is 114 Å². The molecule has 2 rings (SSSR count). The molecule has 0 saturated heterocycles. The first-order valence-electron chi connectivity index (χ1n) is 6.63. The van der Waals surface area contributed by atoms with Crippen LogP contribution in [-0.2, 0) is 4.74 Å². The number of hydrogen-bond donors (Lipinski definition) is 1. The summed E-state index contributed by atoms with van der Waals surface area (Å²) in [5.41, 5.74) is 1.28. The van der Waals surface area contributed by atoms with E-state index < -0.39 is 0 Å². The SMILES string of the molecule is COCCCNc1nccn1C(C)c1ccccc1. The molecule has 1 aromatic heterocycles. The molecule has 1 N–H and O–H groups in total. The van der Waals surface area contributed by atoms with Crippen molar-refractivity contribution >= 4 is 5.95 Å². The molecule has 1 atom stereocenters. The molecule has 1 heterocycles. The predicted molar refractivity (Wildman–Crippen MR) is 77.5 cm³/mol. The Hall–Kier alpha value is -1.81. The van der Waals surface area contributed by atoms with Crippen LogP contribution in [0.3, 0.4) is 0 Å². The lowest BCUT2D eigenvalue weighted by Crippen LogP contribution is -2.13. The van der Waals surface area contributed by atoms with Crippen molar-refractivity contribution in [1.29, 1.82) is 0 Å². The predicted octanol–water partition coefficient (Wildman–Crippen LogP) is 2.94. The topological polar surface area (TPSA) is 39.1 Å². The smallest absolute Gasteiger partial charge is 0.203 e. The number of benzene rings is 1. The maximum absolute atomic E-state index is 5.04. The fourth-order valence-corrected chi connectivity index (χ4v) is 2.07. The first kappa shape index (κ1) is 13.6. The standard InChI is InChI=1S/C15H21N3O/c1-13(14-7-4-3-5-8-14)18-11-10-17-15(18)16-9-6-12-19-2/h3-5,7-8,10-11,13H,6,9,12H2,1-2H3,(H,16,17). The van der Waals surface area contributed by atoms with Crippen molar-refractivity contribution in [2.45, 2.75) is 19.4 Å². The number of rotatable bonds is 7. The van der Waals surface area contributed by atoms with E-state index >= 15 is 0 Å². The third kappa shape index (κ3) is 3.58. The van der Waals surface area contributed by atoms with Crippen molar-refractivity contribution < 1.29 is 4.74 Å². The van der Waals surface area contributed by atoms with Gasteiger partial charge in [0.25, 0.3) is 0 Å². The Morgan fingerprint density at radius 3 is 2.84 bits per heavy atom. The summed E-state index contributed by atoms with van der Waals surface area (Å²) in [5.74, 6) is 0.910. The molecule has 0 saturated carbocycles. The largest absolute Gasteiger partial charge is 0.385 e. The van der Waals surface area contributed by atoms with Crippen LogP contribution in [0.4, 0.5) is 5.95 Å². The molecule has 19 heavy (non-hydrogen) atoms. The van der Waals surface area contributed by atoms with Gasteiger partial charge in [0, 0.05) is 32.7 Å². The van der Waals surface area contributed by atoms with Gasteiger partial charge in [-0.15, -0.1) is 0 Å². The molecule has 1 unspecified atom stereocenters. The van der Waals surface area contributed by atoms with Crippen molar-refractivity contribution in [2.75, 3.05) is 25.6 Å². The molecule has 1 aromatic carbocycles. The van der Waals surface area contributed by atoms with Gasteiger partial charge in [-0.1, -0.05) is 30.3 Å². The summed E-state index contributed by atoms with van der Waals surface area (Å²) in [4.78, 5) is 4.37. The zero-order valence-electron chi connectivity index (χ0n) is 11.5. The van der Waals surface area contributed by atoms with Gasteiger partial charge < -0.3 is 14.6 Å². The molecule has 0 bridgehead atoms. The van der Waals surface area contributed by atoms with E-state index in [1.165, 1.54) is 5.56 Å². The Balaban J connectivity index is 2.02. The minimum absolute atomic E-state index is 0.272. The maximum atomic E-state index is 5.04. The van der Waals surface area contributed by atoms with Crippen molar-refractivity contribution in [3.8, 4) is 0 Å². The highest BCUT2D eigenvalue weighted by atomic mass is 16.5. The third-order valence-electron chi connectivity index (χ3n) is 3.18. The van der Waals surface area contributed by atoms with Gasteiger partial charge in [0.2, 0.25) is 5.95 Å². The van der Waals surface area contributed by atoms with Crippen LogP contribution in [0, 0.1) is 0 Å². The lowest BCUT2D eigenvalue weighted by molar-refractivity contribution is 0.197. The van der Waals surface area contributed by atoms with Gasteiger partial charge in [-0.25, -0.2) is 4.98 Å². The van der Waals surface area contributed by atoms with E-state index in [4.69, 9.17) is 4.74 Å². The second kappa shape index (κ2) is 6.95. The monoisotopic (exact) mass is 259 g/mol. The van der Waals surface area contributed by atoms with Crippen LogP contribution in [0.25, 0.3) is 0 Å². The molecular formula is C15H21N3O. The fourth-order valence-electron chi connectivity index (χ4n) is 2.07. The number of anilines is 1. The van der Waals surface area contributed by atoms with E-state index in [-0.39, 0.29) is 6.04 Å². The van der Waals surface area contributed by atoms with Gasteiger partial charge >= 0.3 is 0 Å². The van der Waals surface area contributed by atoms with Crippen LogP contribution < -0.4 is 5.32 Å². The first-order valence-corrected chi connectivity index (χ1v) is 6.63. The Kier molecular flexibility index (Phi) is 4.98. The van der Waals surface area contributed by atoms with Gasteiger partial charge in [-0.2, -0.15) is 0 Å². The molecule has 0 fully saturated rings. The average Bonchev–Trinajstić information content (AvgIpc) is 2.92. The van der Waals surface area contributed by atoms with Crippen LogP contribution in [0.1, 0.15) is 24.9 Å². The molecule has 0 aliphatic carbocycles. The van der Waals surface area contributed by atoms with Crippen molar-refractivity contribution in [3.63, 3.8) is 0 Å². The number of methoxy groups -OCH3 is 1. The van der Waals surface area contributed by atoms with Crippen LogP contribution >= 0.6 is 0 Å². The molecule has 4 heteroatoms. The van der Waals surface area contributed by atoms with E-state index in [1.807, 2.05) is 18.5 Å². The van der Waals surface area contributed by atoms with Crippen molar-refractivity contribution in [2.24, 2.45) is 0 Å². The highest BCUT2D eigenvalue weighted by molar-refractivity contribution is 5.30. The Morgan fingerprint density at radius 2 is 2.11 bits per heavy atom. The lowest BCUT2D eigenvalue weighted by Gasteiger charge is -2.17. The summed E-state index contributed by atoms with van der Waals surface area (Å²) < 4.78 is 7.20. The third-order valence-corrected chi connectivity index (χ3v) is 3.18. The molecule has 0 amide bonds. The highest BCUT2D eigenvalue weighted by Crippen LogP contribution is 2.21. The number of ether oxygens (including phenoxy) is 1. The quantitative estimate of drug-likeness (QED) is 0.777. The number of nitrogens with one attached hydrogen (secondary N) is 1. The number of hydrogen-bond acceptors (Lipinski definition) is 3. The average molecular weight is 259 g/mol. The molecule has 102 valence electrons. The van der Waals surface area contributed by atoms with Gasteiger partial charge in [0.05, 0.1) is 6.04 Å². The Bertz CT molecular complexity index is 481. The minimum atomic E-state index is 0.272. The summed E-state index contributed by atoms with van der Waals surface area (Å²) in [6, 6.07) is 10.7. The van der Waals surface area contributed by atoms with E-state index in [0.29, 0.717) is 0 Å². The molecule has 0 radical (unpaired) electrons. The summed E-state index contributed by atoms with van der Waals surface area (Å²) >= 11 is 0. The van der Waals surface area contributed by atoms with E-state index in [1.54, 1.807) is 7.11 Å². The molecule has 4 nitrogen and oxygen atoms in total. The van der Waals surface area contributed by atoms with E-state index in [0.717, 1.165) is 25.5 Å². The van der Waals surface area contributed by atoms with Crippen molar-refractivity contribution in [1.82, 2.24) is 9.55 Å². The van der Waals surface area contributed by atoms with Gasteiger partial charge in [0.15, 0.2) is 0 Å². The van der Waals surface area contributed by atoms with Crippen LogP contribution in [-0.4, -0.2) is 29.8 Å². The summed E-state index contributed by atoms with van der Waals surface area (Å²) in [5, 5.41) is 3.35. The van der Waals surface area contributed by atoms with Gasteiger partial charge in [0.1, 0.15) is 0 Å². The van der Waals surface area contributed by atoms with Crippen LogP contribution in [0.2, 0.25) is 0 Å². The second-order valence-corrected chi connectivity index (χ2v) is 4.52. The van der Waals surface area contributed by atoms with Crippen LogP contribution in [0.15, 0.2) is 42.7 Å². The number of aromatic nitrogens is 2. The summed E-state index contributed by atoms with van der Waals surface area (Å²) in [7, 11) is 1.72. The van der Waals surface area contributed by atoms with Gasteiger partial charge in [-0.3, -0.25) is 0 Å². The number of imidazole rings is 1. The normalized spacial score (nSPS) is 12.3.